The Bertz CT molecular complexity index is 546. The summed E-state index contributed by atoms with van der Waals surface area (Å²) in [6, 6.07) is 2.54. The van der Waals surface area contributed by atoms with Crippen LogP contribution in [0, 0.1) is 13.8 Å². The monoisotopic (exact) mass is 263 g/mol. The molecule has 1 atom stereocenters. The van der Waals surface area contributed by atoms with Crippen molar-refractivity contribution in [1.82, 2.24) is 9.55 Å². The molecule has 0 aliphatic carbocycles. The summed E-state index contributed by atoms with van der Waals surface area (Å²) in [5.41, 5.74) is 8.26. The molecule has 2 aromatic rings. The van der Waals surface area contributed by atoms with Gasteiger partial charge in [0, 0.05) is 9.75 Å². The largest absolute Gasteiger partial charge is 0.326 e. The first-order valence-corrected chi connectivity index (χ1v) is 7.00. The van der Waals surface area contributed by atoms with Crippen molar-refractivity contribution in [1.29, 1.82) is 0 Å². The molecule has 4 heteroatoms. The van der Waals surface area contributed by atoms with Gasteiger partial charge in [0.1, 0.15) is 0 Å². The predicted octanol–water partition coefficient (Wildman–Crippen LogP) is 3.36. The molecule has 0 amide bonds. The molecule has 2 rings (SSSR count). The van der Waals surface area contributed by atoms with E-state index in [0.717, 1.165) is 5.69 Å². The van der Waals surface area contributed by atoms with Gasteiger partial charge in [0.2, 0.25) is 0 Å². The van der Waals surface area contributed by atoms with Gasteiger partial charge in [0.25, 0.3) is 0 Å². The van der Waals surface area contributed by atoms with Gasteiger partial charge in [0.15, 0.2) is 0 Å². The van der Waals surface area contributed by atoms with Gasteiger partial charge in [-0.2, -0.15) is 0 Å². The van der Waals surface area contributed by atoms with Crippen LogP contribution >= 0.6 is 11.3 Å². The lowest BCUT2D eigenvalue weighted by Crippen LogP contribution is -2.32. The lowest BCUT2D eigenvalue weighted by molar-refractivity contribution is 0.477. The Kier molecular flexibility index (Phi) is 3.34. The number of hydrogen-bond donors (Lipinski definition) is 1. The van der Waals surface area contributed by atoms with E-state index >= 15 is 0 Å². The summed E-state index contributed by atoms with van der Waals surface area (Å²) in [4.78, 5) is 6.98. The topological polar surface area (TPSA) is 43.8 Å². The van der Waals surface area contributed by atoms with Crippen LogP contribution in [0.4, 0.5) is 0 Å². The normalized spacial score (nSPS) is 13.9. The average Bonchev–Trinajstić information content (AvgIpc) is 2.82. The molecular weight excluding hydrogens is 242 g/mol. The third kappa shape index (κ3) is 2.35. The van der Waals surface area contributed by atoms with Crippen LogP contribution in [0.15, 0.2) is 18.6 Å². The lowest BCUT2D eigenvalue weighted by Gasteiger charge is -2.24. The third-order valence-electron chi connectivity index (χ3n) is 3.27. The maximum Gasteiger partial charge on any atom is 0.0954 e. The van der Waals surface area contributed by atoms with Gasteiger partial charge in [-0.05, 0) is 46.2 Å². The van der Waals surface area contributed by atoms with Crippen LogP contribution in [0.2, 0.25) is 0 Å². The molecule has 0 saturated carbocycles. The fourth-order valence-corrected chi connectivity index (χ4v) is 3.34. The van der Waals surface area contributed by atoms with Crippen LogP contribution in [0.1, 0.15) is 47.8 Å². The van der Waals surface area contributed by atoms with Crippen molar-refractivity contribution >= 4 is 11.3 Å². The van der Waals surface area contributed by atoms with Crippen molar-refractivity contribution in [3.05, 3.63) is 39.6 Å². The van der Waals surface area contributed by atoms with Gasteiger partial charge in [0.05, 0.1) is 29.8 Å². The summed E-state index contributed by atoms with van der Waals surface area (Å²) >= 11 is 1.84. The van der Waals surface area contributed by atoms with Gasteiger partial charge < -0.3 is 10.3 Å². The highest BCUT2D eigenvalue weighted by Crippen LogP contribution is 2.31. The molecule has 0 fully saturated rings. The Labute approximate surface area is 113 Å². The molecule has 2 heterocycles. The maximum absolute atomic E-state index is 6.20. The minimum absolute atomic E-state index is 0.273. The number of nitrogens with zero attached hydrogens (tertiary/aromatic N) is 2. The predicted molar refractivity (Wildman–Crippen MR) is 77.0 cm³/mol. The Hall–Kier alpha value is -1.13. The van der Waals surface area contributed by atoms with Crippen LogP contribution in [0.5, 0.6) is 0 Å². The van der Waals surface area contributed by atoms with E-state index in [1.807, 2.05) is 37.7 Å². The molecular formula is C14H21N3S. The molecule has 1 unspecified atom stereocenters. The molecule has 0 saturated heterocycles. The molecule has 2 N–H and O–H groups in total. The van der Waals surface area contributed by atoms with Crippen LogP contribution in [0.3, 0.4) is 0 Å². The summed E-state index contributed by atoms with van der Waals surface area (Å²) in [5, 5.41) is 0. The summed E-state index contributed by atoms with van der Waals surface area (Å²) in [6.07, 6.45) is 3.74. The summed E-state index contributed by atoms with van der Waals surface area (Å²) in [5.74, 6) is 0. The number of imidazole rings is 1. The van der Waals surface area contributed by atoms with Crippen molar-refractivity contribution in [2.45, 2.75) is 46.2 Å². The van der Waals surface area contributed by atoms with Crippen molar-refractivity contribution in [2.24, 2.45) is 5.73 Å². The highest BCUT2D eigenvalue weighted by atomic mass is 32.1. The summed E-state index contributed by atoms with van der Waals surface area (Å²) in [6.45, 7) is 10.5. The minimum atomic E-state index is -0.371. The van der Waals surface area contributed by atoms with Crippen molar-refractivity contribution in [3.8, 4) is 0 Å². The Morgan fingerprint density at radius 3 is 2.56 bits per heavy atom. The fraction of sp³-hybridized carbons (Fsp3) is 0.500. The highest BCUT2D eigenvalue weighted by molar-refractivity contribution is 7.12. The fourth-order valence-electron chi connectivity index (χ4n) is 2.33. The minimum Gasteiger partial charge on any atom is -0.326 e. The molecule has 18 heavy (non-hydrogen) atoms. The molecule has 98 valence electrons. The van der Waals surface area contributed by atoms with E-state index in [9.17, 15) is 0 Å². The standard InChI is InChI=1S/C14H21N3S/c1-9-6-12(11(3)18-9)10(2)17-8-16-7-13(17)14(4,5)15/h6-8,10H,15H2,1-5H3. The van der Waals surface area contributed by atoms with Gasteiger partial charge >= 0.3 is 0 Å². The number of aromatic nitrogens is 2. The van der Waals surface area contributed by atoms with Crippen LogP contribution in [-0.4, -0.2) is 9.55 Å². The third-order valence-corrected chi connectivity index (χ3v) is 4.25. The first-order valence-electron chi connectivity index (χ1n) is 6.19. The second-order valence-corrected chi connectivity index (χ2v) is 6.91. The number of thiophene rings is 1. The summed E-state index contributed by atoms with van der Waals surface area (Å²) < 4.78 is 2.18. The zero-order valence-electron chi connectivity index (χ0n) is 11.7. The molecule has 2 aromatic heterocycles. The average molecular weight is 263 g/mol. The van der Waals surface area contributed by atoms with Gasteiger partial charge in [-0.25, -0.2) is 4.98 Å². The number of hydrogen-bond acceptors (Lipinski definition) is 3. The van der Waals surface area contributed by atoms with Crippen LogP contribution in [0.25, 0.3) is 0 Å². The first-order chi connectivity index (χ1) is 8.30. The molecule has 0 aromatic carbocycles. The van der Waals surface area contributed by atoms with Crippen molar-refractivity contribution in [2.75, 3.05) is 0 Å². The number of aryl methyl sites for hydroxylation is 2. The molecule has 0 bridgehead atoms. The molecule has 0 spiro atoms. The van der Waals surface area contributed by atoms with E-state index in [1.165, 1.54) is 15.3 Å². The molecule has 0 aliphatic rings. The van der Waals surface area contributed by atoms with E-state index in [0.29, 0.717) is 0 Å². The van der Waals surface area contributed by atoms with E-state index in [4.69, 9.17) is 5.73 Å². The zero-order chi connectivity index (χ0) is 13.5. The molecule has 0 radical (unpaired) electrons. The van der Waals surface area contributed by atoms with Gasteiger partial charge in [-0.3, -0.25) is 0 Å². The van der Waals surface area contributed by atoms with E-state index < -0.39 is 0 Å². The highest BCUT2D eigenvalue weighted by Gasteiger charge is 2.23. The zero-order valence-corrected chi connectivity index (χ0v) is 12.5. The SMILES string of the molecule is Cc1cc(C(C)n2cncc2C(C)(C)N)c(C)s1. The van der Waals surface area contributed by atoms with Gasteiger partial charge in [-0.1, -0.05) is 0 Å². The quantitative estimate of drug-likeness (QED) is 0.922. The number of rotatable bonds is 3. The Morgan fingerprint density at radius 2 is 2.06 bits per heavy atom. The van der Waals surface area contributed by atoms with Crippen LogP contribution < -0.4 is 5.73 Å². The van der Waals surface area contributed by atoms with Gasteiger partial charge in [-0.15, -0.1) is 11.3 Å². The van der Waals surface area contributed by atoms with E-state index in [2.05, 4.69) is 36.4 Å². The van der Waals surface area contributed by atoms with Crippen molar-refractivity contribution in [3.63, 3.8) is 0 Å². The van der Waals surface area contributed by atoms with Crippen molar-refractivity contribution < 1.29 is 0 Å². The molecule has 3 nitrogen and oxygen atoms in total. The van der Waals surface area contributed by atoms with E-state index in [-0.39, 0.29) is 11.6 Å². The van der Waals surface area contributed by atoms with Crippen LogP contribution in [-0.2, 0) is 5.54 Å². The van der Waals surface area contributed by atoms with E-state index in [1.54, 1.807) is 0 Å². The number of nitrogens with two attached hydrogens (primary N) is 1. The maximum atomic E-state index is 6.20. The Morgan fingerprint density at radius 1 is 1.39 bits per heavy atom. The Balaban J connectivity index is 2.44. The second kappa shape index (κ2) is 4.52. The smallest absolute Gasteiger partial charge is 0.0954 e. The summed E-state index contributed by atoms with van der Waals surface area (Å²) in [7, 11) is 0. The lowest BCUT2D eigenvalue weighted by atomic mass is 10.0. The second-order valence-electron chi connectivity index (χ2n) is 5.45. The first kappa shape index (κ1) is 13.3. The molecule has 0 aliphatic heterocycles.